The summed E-state index contributed by atoms with van der Waals surface area (Å²) in [6.45, 7) is 0.174. The Labute approximate surface area is 97.3 Å². The van der Waals surface area contributed by atoms with Gasteiger partial charge in [0.05, 0.1) is 11.9 Å². The molecule has 0 amide bonds. The van der Waals surface area contributed by atoms with Gasteiger partial charge in [-0.1, -0.05) is 6.42 Å². The zero-order chi connectivity index (χ0) is 11.8. The normalized spacial score (nSPS) is 33.6. The van der Waals surface area contributed by atoms with E-state index in [1.807, 2.05) is 0 Å². The van der Waals surface area contributed by atoms with Gasteiger partial charge in [0.15, 0.2) is 0 Å². The first kappa shape index (κ1) is 12.3. The molecule has 2 atom stereocenters. The molecule has 0 aromatic rings. The second kappa shape index (κ2) is 4.27. The first-order valence-electron chi connectivity index (χ1n) is 6.03. The zero-order valence-electron chi connectivity index (χ0n) is 9.78. The Morgan fingerprint density at radius 2 is 2.06 bits per heavy atom. The van der Waals surface area contributed by atoms with E-state index in [1.165, 1.54) is 6.26 Å². The SMILES string of the molecule is CS(=O)(=O)C1CCCC(NC2(CO)CC2)C1. The van der Waals surface area contributed by atoms with E-state index >= 15 is 0 Å². The van der Waals surface area contributed by atoms with Gasteiger partial charge in [0.2, 0.25) is 0 Å². The molecule has 2 saturated carbocycles. The van der Waals surface area contributed by atoms with E-state index in [-0.39, 0.29) is 23.4 Å². The third-order valence-corrected chi connectivity index (χ3v) is 5.54. The molecule has 0 heterocycles. The fourth-order valence-electron chi connectivity index (χ4n) is 2.60. The van der Waals surface area contributed by atoms with E-state index in [1.54, 1.807) is 0 Å². The van der Waals surface area contributed by atoms with E-state index in [0.29, 0.717) is 6.42 Å². The Bertz CT molecular complexity index is 348. The van der Waals surface area contributed by atoms with Crippen molar-refractivity contribution in [2.45, 2.75) is 55.4 Å². The minimum Gasteiger partial charge on any atom is -0.394 e. The Morgan fingerprint density at radius 1 is 1.38 bits per heavy atom. The minimum absolute atomic E-state index is 0.0793. The fraction of sp³-hybridized carbons (Fsp3) is 1.00. The highest BCUT2D eigenvalue weighted by atomic mass is 32.2. The summed E-state index contributed by atoms with van der Waals surface area (Å²) in [6, 6.07) is 0.267. The monoisotopic (exact) mass is 247 g/mol. The molecule has 5 heteroatoms. The van der Waals surface area contributed by atoms with Crippen molar-refractivity contribution in [3.63, 3.8) is 0 Å². The largest absolute Gasteiger partial charge is 0.394 e. The zero-order valence-corrected chi connectivity index (χ0v) is 10.6. The second-order valence-electron chi connectivity index (χ2n) is 5.40. The minimum atomic E-state index is -2.90. The third-order valence-electron chi connectivity index (χ3n) is 3.90. The lowest BCUT2D eigenvalue weighted by Gasteiger charge is -2.31. The molecule has 0 aliphatic heterocycles. The van der Waals surface area contributed by atoms with Crippen LogP contribution in [0, 0.1) is 0 Å². The summed E-state index contributed by atoms with van der Waals surface area (Å²) in [5, 5.41) is 12.5. The summed E-state index contributed by atoms with van der Waals surface area (Å²) < 4.78 is 23.0. The highest BCUT2D eigenvalue weighted by Gasteiger charge is 2.44. The molecule has 2 rings (SSSR count). The molecule has 0 saturated heterocycles. The smallest absolute Gasteiger partial charge is 0.150 e. The van der Waals surface area contributed by atoms with Crippen LogP contribution in [0.4, 0.5) is 0 Å². The van der Waals surface area contributed by atoms with Gasteiger partial charge in [-0.05, 0) is 32.1 Å². The summed E-state index contributed by atoms with van der Waals surface area (Å²) in [4.78, 5) is 0. The maximum Gasteiger partial charge on any atom is 0.150 e. The number of hydrogen-bond donors (Lipinski definition) is 2. The van der Waals surface area contributed by atoms with Gasteiger partial charge in [-0.25, -0.2) is 8.42 Å². The van der Waals surface area contributed by atoms with E-state index in [0.717, 1.165) is 32.1 Å². The summed E-state index contributed by atoms with van der Waals surface area (Å²) in [5.74, 6) is 0. The van der Waals surface area contributed by atoms with Gasteiger partial charge >= 0.3 is 0 Å². The van der Waals surface area contributed by atoms with Gasteiger partial charge in [0.1, 0.15) is 9.84 Å². The summed E-state index contributed by atoms with van der Waals surface area (Å²) in [7, 11) is -2.90. The molecule has 94 valence electrons. The van der Waals surface area contributed by atoms with E-state index in [2.05, 4.69) is 5.32 Å². The molecular formula is C11H21NO3S. The number of aliphatic hydroxyl groups excluding tert-OH is 1. The topological polar surface area (TPSA) is 66.4 Å². The van der Waals surface area contributed by atoms with Crippen LogP contribution in [0.5, 0.6) is 0 Å². The highest BCUT2D eigenvalue weighted by molar-refractivity contribution is 7.91. The Hall–Kier alpha value is -0.130. The van der Waals surface area contributed by atoms with Crippen molar-refractivity contribution in [1.82, 2.24) is 5.32 Å². The van der Waals surface area contributed by atoms with Crippen LogP contribution < -0.4 is 5.32 Å². The molecule has 0 aromatic heterocycles. The molecule has 2 N–H and O–H groups in total. The number of aliphatic hydroxyl groups is 1. The second-order valence-corrected chi connectivity index (χ2v) is 7.72. The molecule has 0 aromatic carbocycles. The van der Waals surface area contributed by atoms with Crippen LogP contribution >= 0.6 is 0 Å². The first-order valence-corrected chi connectivity index (χ1v) is 7.98. The van der Waals surface area contributed by atoms with Crippen molar-refractivity contribution in [2.75, 3.05) is 12.9 Å². The Balaban J connectivity index is 1.92. The number of hydrogen-bond acceptors (Lipinski definition) is 4. The van der Waals surface area contributed by atoms with Gasteiger partial charge in [-0.2, -0.15) is 0 Å². The predicted molar refractivity (Wildman–Crippen MR) is 63.1 cm³/mol. The lowest BCUT2D eigenvalue weighted by atomic mass is 9.94. The van der Waals surface area contributed by atoms with E-state index in [9.17, 15) is 13.5 Å². The predicted octanol–water partition coefficient (Wildman–Crippen LogP) is 0.457. The lowest BCUT2D eigenvalue weighted by molar-refractivity contribution is 0.206. The van der Waals surface area contributed by atoms with Crippen LogP contribution in [0.15, 0.2) is 0 Å². The third kappa shape index (κ3) is 2.76. The molecule has 2 aliphatic carbocycles. The molecular weight excluding hydrogens is 226 g/mol. The molecule has 0 radical (unpaired) electrons. The Kier molecular flexibility index (Phi) is 3.29. The maximum absolute atomic E-state index is 11.5. The number of nitrogens with one attached hydrogen (secondary N) is 1. The van der Waals surface area contributed by atoms with Crippen molar-refractivity contribution in [1.29, 1.82) is 0 Å². The van der Waals surface area contributed by atoms with Gasteiger partial charge in [-0.15, -0.1) is 0 Å². The van der Waals surface area contributed by atoms with E-state index < -0.39 is 9.84 Å². The summed E-state index contributed by atoms with van der Waals surface area (Å²) >= 11 is 0. The fourth-order valence-corrected chi connectivity index (χ4v) is 3.77. The molecule has 4 nitrogen and oxygen atoms in total. The van der Waals surface area contributed by atoms with Crippen molar-refractivity contribution >= 4 is 9.84 Å². The van der Waals surface area contributed by atoms with E-state index in [4.69, 9.17) is 0 Å². The van der Waals surface area contributed by atoms with Gasteiger partial charge in [0.25, 0.3) is 0 Å². The maximum atomic E-state index is 11.5. The van der Waals surface area contributed by atoms with Crippen LogP contribution in [-0.4, -0.2) is 43.2 Å². The first-order chi connectivity index (χ1) is 7.45. The quantitative estimate of drug-likeness (QED) is 0.757. The molecule has 2 aliphatic rings. The lowest BCUT2D eigenvalue weighted by Crippen LogP contribution is -2.46. The number of sulfone groups is 1. The summed E-state index contributed by atoms with van der Waals surface area (Å²) in [5.41, 5.74) is -0.0793. The van der Waals surface area contributed by atoms with Crippen molar-refractivity contribution < 1.29 is 13.5 Å². The molecule has 16 heavy (non-hydrogen) atoms. The van der Waals surface area contributed by atoms with Crippen molar-refractivity contribution in [2.24, 2.45) is 0 Å². The Morgan fingerprint density at radius 3 is 2.56 bits per heavy atom. The van der Waals surface area contributed by atoms with Crippen molar-refractivity contribution in [3.8, 4) is 0 Å². The van der Waals surface area contributed by atoms with Crippen LogP contribution in [0.25, 0.3) is 0 Å². The van der Waals surface area contributed by atoms with Crippen molar-refractivity contribution in [3.05, 3.63) is 0 Å². The number of rotatable bonds is 4. The van der Waals surface area contributed by atoms with Crippen LogP contribution in [0.3, 0.4) is 0 Å². The van der Waals surface area contributed by atoms with Crippen LogP contribution in [0.2, 0.25) is 0 Å². The molecule has 2 fully saturated rings. The van der Waals surface area contributed by atoms with Crippen LogP contribution in [0.1, 0.15) is 38.5 Å². The average molecular weight is 247 g/mol. The average Bonchev–Trinajstić information content (AvgIpc) is 2.98. The van der Waals surface area contributed by atoms with Crippen LogP contribution in [-0.2, 0) is 9.84 Å². The standard InChI is InChI=1S/C11H21NO3S/c1-16(14,15)10-4-2-3-9(7-10)12-11(8-13)5-6-11/h9-10,12-13H,2-8H2,1H3. The molecule has 2 unspecified atom stereocenters. The summed E-state index contributed by atoms with van der Waals surface area (Å²) in [6.07, 6.45) is 6.88. The van der Waals surface area contributed by atoms with Gasteiger partial charge in [0, 0.05) is 17.8 Å². The van der Waals surface area contributed by atoms with Gasteiger partial charge < -0.3 is 10.4 Å². The highest BCUT2D eigenvalue weighted by Crippen LogP contribution is 2.37. The van der Waals surface area contributed by atoms with Gasteiger partial charge in [-0.3, -0.25) is 0 Å². The molecule has 0 spiro atoms. The molecule has 0 bridgehead atoms.